The molecule has 0 atom stereocenters. The van der Waals surface area contributed by atoms with Crippen LogP contribution < -0.4 is 0 Å². The zero-order valence-electron chi connectivity index (χ0n) is 12.0. The molecular weight excluding hydrogens is 360 g/mol. The summed E-state index contributed by atoms with van der Waals surface area (Å²) in [6.45, 7) is 0.843. The molecule has 2 nitrogen and oxygen atoms in total. The molecule has 112 valence electrons. The highest BCUT2D eigenvalue weighted by Gasteiger charge is 2.05. The number of nitrogens with zero attached hydrogens (tertiary/aromatic N) is 2. The molecular formula is C18H16BrClN2. The van der Waals surface area contributed by atoms with Gasteiger partial charge in [-0.25, -0.2) is 4.98 Å². The van der Waals surface area contributed by atoms with Crippen LogP contribution in [0.2, 0.25) is 5.02 Å². The molecule has 0 bridgehead atoms. The standard InChI is InChI=1S/C18H16BrClN2/c19-16-3-1-2-15(12-16)13-22-11-10-21-18(22)9-6-14-4-7-17(20)8-5-14/h1-5,7-8,10-12H,6,9,13H2. The third-order valence-corrected chi connectivity index (χ3v) is 4.34. The van der Waals surface area contributed by atoms with Gasteiger partial charge in [0.2, 0.25) is 0 Å². The summed E-state index contributed by atoms with van der Waals surface area (Å²) in [5, 5.41) is 0.778. The number of hydrogen-bond acceptors (Lipinski definition) is 1. The summed E-state index contributed by atoms with van der Waals surface area (Å²) in [6.07, 6.45) is 5.79. The smallest absolute Gasteiger partial charge is 0.109 e. The lowest BCUT2D eigenvalue weighted by Crippen LogP contribution is -2.05. The third kappa shape index (κ3) is 3.99. The molecule has 0 N–H and O–H groups in total. The van der Waals surface area contributed by atoms with Crippen LogP contribution >= 0.6 is 27.5 Å². The molecule has 3 rings (SSSR count). The lowest BCUT2D eigenvalue weighted by atomic mass is 10.1. The Morgan fingerprint density at radius 3 is 2.59 bits per heavy atom. The maximum absolute atomic E-state index is 5.92. The maximum atomic E-state index is 5.92. The molecule has 1 aromatic heterocycles. The number of aryl methyl sites for hydroxylation is 2. The minimum atomic E-state index is 0.778. The van der Waals surface area contributed by atoms with Gasteiger partial charge in [-0.2, -0.15) is 0 Å². The van der Waals surface area contributed by atoms with Crippen molar-refractivity contribution in [2.24, 2.45) is 0 Å². The Balaban J connectivity index is 1.68. The number of rotatable bonds is 5. The first-order valence-corrected chi connectivity index (χ1v) is 8.37. The van der Waals surface area contributed by atoms with E-state index in [9.17, 15) is 0 Å². The zero-order valence-corrected chi connectivity index (χ0v) is 14.4. The summed E-state index contributed by atoms with van der Waals surface area (Å²) in [5.41, 5.74) is 2.54. The molecule has 22 heavy (non-hydrogen) atoms. The van der Waals surface area contributed by atoms with E-state index >= 15 is 0 Å². The molecule has 0 saturated carbocycles. The fourth-order valence-corrected chi connectivity index (χ4v) is 3.02. The first-order valence-electron chi connectivity index (χ1n) is 7.19. The largest absolute Gasteiger partial charge is 0.331 e. The van der Waals surface area contributed by atoms with E-state index in [1.165, 1.54) is 11.1 Å². The molecule has 3 aromatic rings. The Morgan fingerprint density at radius 2 is 1.82 bits per heavy atom. The van der Waals surface area contributed by atoms with E-state index in [0.717, 1.165) is 34.7 Å². The topological polar surface area (TPSA) is 17.8 Å². The molecule has 0 spiro atoms. The molecule has 0 aliphatic carbocycles. The summed E-state index contributed by atoms with van der Waals surface area (Å²) in [6, 6.07) is 16.4. The van der Waals surface area contributed by atoms with Crippen molar-refractivity contribution in [3.8, 4) is 0 Å². The molecule has 0 fully saturated rings. The number of aromatic nitrogens is 2. The van der Waals surface area contributed by atoms with Gasteiger partial charge in [0.1, 0.15) is 5.82 Å². The lowest BCUT2D eigenvalue weighted by Gasteiger charge is -2.08. The molecule has 0 aliphatic heterocycles. The van der Waals surface area contributed by atoms with Gasteiger partial charge in [-0.1, -0.05) is 51.8 Å². The number of benzene rings is 2. The molecule has 4 heteroatoms. The van der Waals surface area contributed by atoms with Gasteiger partial charge in [0.15, 0.2) is 0 Å². The normalized spacial score (nSPS) is 10.8. The van der Waals surface area contributed by atoms with Crippen molar-refractivity contribution >= 4 is 27.5 Å². The second-order valence-corrected chi connectivity index (χ2v) is 6.58. The van der Waals surface area contributed by atoms with Crippen molar-refractivity contribution in [1.29, 1.82) is 0 Å². The highest BCUT2D eigenvalue weighted by Crippen LogP contribution is 2.15. The van der Waals surface area contributed by atoms with Crippen LogP contribution in [0.5, 0.6) is 0 Å². The SMILES string of the molecule is Clc1ccc(CCc2nccn2Cc2cccc(Br)c2)cc1. The quantitative estimate of drug-likeness (QED) is 0.604. The van der Waals surface area contributed by atoms with E-state index in [1.807, 2.05) is 30.6 Å². The summed E-state index contributed by atoms with van der Waals surface area (Å²) >= 11 is 9.44. The maximum Gasteiger partial charge on any atom is 0.109 e. The fraction of sp³-hybridized carbons (Fsp3) is 0.167. The van der Waals surface area contributed by atoms with Gasteiger partial charge in [0.25, 0.3) is 0 Å². The van der Waals surface area contributed by atoms with Crippen molar-refractivity contribution in [1.82, 2.24) is 9.55 Å². The van der Waals surface area contributed by atoms with Crippen molar-refractivity contribution in [3.63, 3.8) is 0 Å². The molecule has 1 heterocycles. The minimum absolute atomic E-state index is 0.778. The predicted octanol–water partition coefficient (Wildman–Crippen LogP) is 5.13. The number of halogens is 2. The van der Waals surface area contributed by atoms with Crippen LogP contribution in [0.3, 0.4) is 0 Å². The molecule has 0 unspecified atom stereocenters. The van der Waals surface area contributed by atoms with E-state index < -0.39 is 0 Å². The summed E-state index contributed by atoms with van der Waals surface area (Å²) in [7, 11) is 0. The highest BCUT2D eigenvalue weighted by atomic mass is 79.9. The highest BCUT2D eigenvalue weighted by molar-refractivity contribution is 9.10. The van der Waals surface area contributed by atoms with Crippen molar-refractivity contribution in [3.05, 3.63) is 87.4 Å². The van der Waals surface area contributed by atoms with Crippen LogP contribution in [0.4, 0.5) is 0 Å². The molecule has 0 amide bonds. The Hall–Kier alpha value is -1.58. The van der Waals surface area contributed by atoms with Crippen molar-refractivity contribution in [2.75, 3.05) is 0 Å². The second kappa shape index (κ2) is 7.12. The first-order chi connectivity index (χ1) is 10.7. The van der Waals surface area contributed by atoms with E-state index in [1.54, 1.807) is 0 Å². The Bertz CT molecular complexity index is 750. The van der Waals surface area contributed by atoms with Gasteiger partial charge in [-0.15, -0.1) is 0 Å². The summed E-state index contributed by atoms with van der Waals surface area (Å²) in [4.78, 5) is 4.49. The number of imidazole rings is 1. The lowest BCUT2D eigenvalue weighted by molar-refractivity contribution is 0.712. The summed E-state index contributed by atoms with van der Waals surface area (Å²) < 4.78 is 3.31. The van der Waals surface area contributed by atoms with Gasteiger partial charge in [0.05, 0.1) is 0 Å². The van der Waals surface area contributed by atoms with Gasteiger partial charge in [-0.3, -0.25) is 0 Å². The molecule has 0 radical (unpaired) electrons. The van der Waals surface area contributed by atoms with Crippen LogP contribution in [0.1, 0.15) is 17.0 Å². The van der Waals surface area contributed by atoms with Crippen LogP contribution in [0, 0.1) is 0 Å². The van der Waals surface area contributed by atoms with Crippen molar-refractivity contribution in [2.45, 2.75) is 19.4 Å². The van der Waals surface area contributed by atoms with Gasteiger partial charge in [0, 0.05) is 34.9 Å². The van der Waals surface area contributed by atoms with Crippen LogP contribution in [-0.2, 0) is 19.4 Å². The monoisotopic (exact) mass is 374 g/mol. The van der Waals surface area contributed by atoms with Crippen molar-refractivity contribution < 1.29 is 0 Å². The minimum Gasteiger partial charge on any atom is -0.331 e. The van der Waals surface area contributed by atoms with Crippen LogP contribution in [0.15, 0.2) is 65.4 Å². The van der Waals surface area contributed by atoms with Crippen LogP contribution in [0.25, 0.3) is 0 Å². The van der Waals surface area contributed by atoms with E-state index in [-0.39, 0.29) is 0 Å². The fourth-order valence-electron chi connectivity index (χ4n) is 2.45. The van der Waals surface area contributed by atoms with E-state index in [2.05, 4.69) is 55.8 Å². The molecule has 2 aromatic carbocycles. The average molecular weight is 376 g/mol. The van der Waals surface area contributed by atoms with Gasteiger partial charge in [-0.05, 0) is 41.8 Å². The van der Waals surface area contributed by atoms with Gasteiger partial charge < -0.3 is 4.57 Å². The Labute approximate surface area is 143 Å². The predicted molar refractivity (Wildman–Crippen MR) is 94.3 cm³/mol. The third-order valence-electron chi connectivity index (χ3n) is 3.59. The first kappa shape index (κ1) is 15.3. The summed E-state index contributed by atoms with van der Waals surface area (Å²) in [5.74, 6) is 1.11. The zero-order chi connectivity index (χ0) is 15.4. The second-order valence-electron chi connectivity index (χ2n) is 5.23. The molecule has 0 saturated heterocycles. The van der Waals surface area contributed by atoms with Crippen LogP contribution in [-0.4, -0.2) is 9.55 Å². The van der Waals surface area contributed by atoms with Gasteiger partial charge >= 0.3 is 0 Å². The van der Waals surface area contributed by atoms with E-state index in [4.69, 9.17) is 11.6 Å². The number of hydrogen-bond donors (Lipinski definition) is 0. The Kier molecular flexibility index (Phi) is 4.96. The Morgan fingerprint density at radius 1 is 1.00 bits per heavy atom. The average Bonchev–Trinajstić information content (AvgIpc) is 2.94. The molecule has 0 aliphatic rings. The van der Waals surface area contributed by atoms with E-state index in [0.29, 0.717) is 0 Å².